The van der Waals surface area contributed by atoms with Gasteiger partial charge < -0.3 is 9.47 Å². The molecular weight excluding hydrogens is 254 g/mol. The number of hydrogen-bond donors (Lipinski definition) is 2. The molecule has 5 nitrogen and oxygen atoms in total. The predicted molar refractivity (Wildman–Crippen MR) is 80.7 cm³/mol. The highest BCUT2D eigenvalue weighted by atomic mass is 16.5. The van der Waals surface area contributed by atoms with E-state index in [0.29, 0.717) is 5.92 Å². The van der Waals surface area contributed by atoms with Crippen LogP contribution >= 0.6 is 0 Å². The highest BCUT2D eigenvalue weighted by Gasteiger charge is 2.16. The zero-order valence-corrected chi connectivity index (χ0v) is 13.2. The number of pyridine rings is 1. The predicted octanol–water partition coefficient (Wildman–Crippen LogP) is 1.75. The van der Waals surface area contributed by atoms with Gasteiger partial charge in [-0.25, -0.2) is 0 Å². The van der Waals surface area contributed by atoms with E-state index in [-0.39, 0.29) is 6.04 Å². The van der Waals surface area contributed by atoms with Gasteiger partial charge in [-0.2, -0.15) is 0 Å². The van der Waals surface area contributed by atoms with E-state index < -0.39 is 0 Å². The molecule has 0 aliphatic heterocycles. The number of nitrogens with two attached hydrogens (primary N) is 1. The van der Waals surface area contributed by atoms with Crippen LogP contribution in [0.25, 0.3) is 0 Å². The Hall–Kier alpha value is -1.17. The Bertz CT molecular complexity index is 424. The second-order valence-electron chi connectivity index (χ2n) is 5.41. The Kier molecular flexibility index (Phi) is 6.91. The van der Waals surface area contributed by atoms with E-state index in [4.69, 9.17) is 15.3 Å². The Morgan fingerprint density at radius 3 is 2.60 bits per heavy atom. The first kappa shape index (κ1) is 16.9. The van der Waals surface area contributed by atoms with Crippen molar-refractivity contribution in [2.75, 3.05) is 20.8 Å². The molecule has 0 aliphatic carbocycles. The molecule has 0 aromatic carbocycles. The molecule has 2 atom stereocenters. The molecule has 1 rings (SSSR count). The van der Waals surface area contributed by atoms with Crippen molar-refractivity contribution in [1.82, 2.24) is 10.4 Å². The number of nitrogens with zero attached hydrogens (tertiary/aromatic N) is 1. The second kappa shape index (κ2) is 8.19. The van der Waals surface area contributed by atoms with Crippen molar-refractivity contribution < 1.29 is 9.47 Å². The monoisotopic (exact) mass is 281 g/mol. The normalized spacial score (nSPS) is 14.1. The standard InChI is InChI=1S/C15H27N3O2/c1-10(9-19-4)6-13(18-16)7-14-12(3)15(20-5)11(2)8-17-14/h8,10,13,18H,6-7,9,16H2,1-5H3. The number of rotatable bonds is 8. The Morgan fingerprint density at radius 2 is 2.05 bits per heavy atom. The molecular formula is C15H27N3O2. The maximum Gasteiger partial charge on any atom is 0.128 e. The van der Waals surface area contributed by atoms with Crippen molar-refractivity contribution >= 4 is 0 Å². The summed E-state index contributed by atoms with van der Waals surface area (Å²) in [5, 5.41) is 0. The van der Waals surface area contributed by atoms with Crippen molar-refractivity contribution in [3.63, 3.8) is 0 Å². The van der Waals surface area contributed by atoms with Crippen molar-refractivity contribution in [3.8, 4) is 5.75 Å². The zero-order valence-electron chi connectivity index (χ0n) is 13.2. The van der Waals surface area contributed by atoms with Crippen LogP contribution in [0.15, 0.2) is 6.20 Å². The second-order valence-corrected chi connectivity index (χ2v) is 5.41. The first-order chi connectivity index (χ1) is 9.53. The van der Waals surface area contributed by atoms with Crippen LogP contribution in [0.5, 0.6) is 5.75 Å². The summed E-state index contributed by atoms with van der Waals surface area (Å²) in [6.45, 7) is 6.94. The first-order valence-electron chi connectivity index (χ1n) is 6.97. The Morgan fingerprint density at radius 1 is 1.35 bits per heavy atom. The SMILES string of the molecule is COCC(C)CC(Cc1ncc(C)c(OC)c1C)NN. The van der Waals surface area contributed by atoms with Gasteiger partial charge in [-0.1, -0.05) is 6.92 Å². The average Bonchev–Trinajstić information content (AvgIpc) is 2.41. The summed E-state index contributed by atoms with van der Waals surface area (Å²) in [5.41, 5.74) is 6.05. The third-order valence-electron chi connectivity index (χ3n) is 3.56. The molecule has 1 aromatic heterocycles. The van der Waals surface area contributed by atoms with E-state index in [1.54, 1.807) is 14.2 Å². The maximum absolute atomic E-state index is 5.67. The summed E-state index contributed by atoms with van der Waals surface area (Å²) < 4.78 is 10.6. The van der Waals surface area contributed by atoms with Gasteiger partial charge in [0.15, 0.2) is 0 Å². The highest BCUT2D eigenvalue weighted by Crippen LogP contribution is 2.25. The Labute approximate surface area is 121 Å². The Balaban J connectivity index is 2.80. The summed E-state index contributed by atoms with van der Waals surface area (Å²) in [4.78, 5) is 4.52. The van der Waals surface area contributed by atoms with Crippen molar-refractivity contribution in [2.24, 2.45) is 11.8 Å². The van der Waals surface area contributed by atoms with Crippen molar-refractivity contribution in [1.29, 1.82) is 0 Å². The first-order valence-corrected chi connectivity index (χ1v) is 6.97. The molecule has 3 N–H and O–H groups in total. The summed E-state index contributed by atoms with van der Waals surface area (Å²) >= 11 is 0. The minimum atomic E-state index is 0.179. The van der Waals surface area contributed by atoms with E-state index in [2.05, 4.69) is 17.3 Å². The molecule has 0 saturated heterocycles. The molecule has 5 heteroatoms. The third kappa shape index (κ3) is 4.44. The van der Waals surface area contributed by atoms with E-state index >= 15 is 0 Å². The van der Waals surface area contributed by atoms with E-state index in [1.807, 2.05) is 20.0 Å². The van der Waals surface area contributed by atoms with Crippen LogP contribution in [0, 0.1) is 19.8 Å². The zero-order chi connectivity index (χ0) is 15.1. The van der Waals surface area contributed by atoms with Crippen LogP contribution in [0.2, 0.25) is 0 Å². The number of methoxy groups -OCH3 is 2. The quantitative estimate of drug-likeness (QED) is 0.561. The van der Waals surface area contributed by atoms with Gasteiger partial charge in [0.25, 0.3) is 0 Å². The molecule has 0 spiro atoms. The molecule has 0 fully saturated rings. The van der Waals surface area contributed by atoms with Crippen LogP contribution in [-0.4, -0.2) is 31.9 Å². The maximum atomic E-state index is 5.67. The van der Waals surface area contributed by atoms with Crippen LogP contribution in [0.4, 0.5) is 0 Å². The molecule has 0 bridgehead atoms. The number of aromatic nitrogens is 1. The van der Waals surface area contributed by atoms with Crippen LogP contribution < -0.4 is 16.0 Å². The summed E-state index contributed by atoms with van der Waals surface area (Å²) in [5.74, 6) is 7.03. The van der Waals surface area contributed by atoms with Gasteiger partial charge in [0.1, 0.15) is 5.75 Å². The lowest BCUT2D eigenvalue weighted by atomic mass is 9.97. The molecule has 0 amide bonds. The molecule has 0 saturated carbocycles. The number of ether oxygens (including phenoxy) is 2. The summed E-state index contributed by atoms with van der Waals surface area (Å²) in [6.07, 6.45) is 3.59. The fourth-order valence-electron chi connectivity index (χ4n) is 2.56. The van der Waals surface area contributed by atoms with Crippen LogP contribution in [-0.2, 0) is 11.2 Å². The number of hydrogen-bond acceptors (Lipinski definition) is 5. The lowest BCUT2D eigenvalue weighted by Gasteiger charge is -2.21. The molecule has 0 radical (unpaired) electrons. The number of aryl methyl sites for hydroxylation is 1. The van der Waals surface area contributed by atoms with Crippen molar-refractivity contribution in [3.05, 3.63) is 23.0 Å². The van der Waals surface area contributed by atoms with Gasteiger partial charge in [0.05, 0.1) is 7.11 Å². The highest BCUT2D eigenvalue weighted by molar-refractivity contribution is 5.41. The summed E-state index contributed by atoms with van der Waals surface area (Å²) in [6, 6.07) is 0.179. The molecule has 1 aromatic rings. The largest absolute Gasteiger partial charge is 0.496 e. The smallest absolute Gasteiger partial charge is 0.128 e. The molecule has 114 valence electrons. The molecule has 0 aliphatic rings. The van der Waals surface area contributed by atoms with Crippen LogP contribution in [0.1, 0.15) is 30.2 Å². The lowest BCUT2D eigenvalue weighted by Crippen LogP contribution is -2.38. The topological polar surface area (TPSA) is 69.4 Å². The minimum absolute atomic E-state index is 0.179. The lowest BCUT2D eigenvalue weighted by molar-refractivity contribution is 0.149. The number of hydrazine groups is 1. The molecule has 1 heterocycles. The fraction of sp³-hybridized carbons (Fsp3) is 0.667. The van der Waals surface area contributed by atoms with Gasteiger partial charge in [-0.3, -0.25) is 16.3 Å². The average molecular weight is 281 g/mol. The van der Waals surface area contributed by atoms with Gasteiger partial charge >= 0.3 is 0 Å². The molecule has 20 heavy (non-hydrogen) atoms. The summed E-state index contributed by atoms with van der Waals surface area (Å²) in [7, 11) is 3.41. The fourth-order valence-corrected chi connectivity index (χ4v) is 2.56. The number of nitrogens with one attached hydrogen (secondary N) is 1. The van der Waals surface area contributed by atoms with Gasteiger partial charge in [-0.15, -0.1) is 0 Å². The van der Waals surface area contributed by atoms with Gasteiger partial charge in [-0.05, 0) is 26.2 Å². The van der Waals surface area contributed by atoms with E-state index in [1.165, 1.54) is 0 Å². The van der Waals surface area contributed by atoms with E-state index in [0.717, 1.165) is 42.0 Å². The molecule has 2 unspecified atom stereocenters. The minimum Gasteiger partial charge on any atom is -0.496 e. The van der Waals surface area contributed by atoms with E-state index in [9.17, 15) is 0 Å². The van der Waals surface area contributed by atoms with Gasteiger partial charge in [0, 0.05) is 49.2 Å². The third-order valence-corrected chi connectivity index (χ3v) is 3.56. The van der Waals surface area contributed by atoms with Crippen LogP contribution in [0.3, 0.4) is 0 Å². The van der Waals surface area contributed by atoms with Crippen molar-refractivity contribution in [2.45, 2.75) is 39.7 Å². The van der Waals surface area contributed by atoms with Gasteiger partial charge in [0.2, 0.25) is 0 Å².